The molecule has 1 amide bonds. The van der Waals surface area contributed by atoms with Crippen molar-refractivity contribution in [3.8, 4) is 5.69 Å². The summed E-state index contributed by atoms with van der Waals surface area (Å²) in [6, 6.07) is 11.8. The first-order valence-electron chi connectivity index (χ1n) is 8.00. The second-order valence-corrected chi connectivity index (χ2v) is 6.03. The van der Waals surface area contributed by atoms with Gasteiger partial charge in [-0.25, -0.2) is 4.79 Å². The van der Waals surface area contributed by atoms with Crippen LogP contribution >= 0.6 is 0 Å². The highest BCUT2D eigenvalue weighted by Gasteiger charge is 2.14. The molecule has 0 atom stereocenters. The van der Waals surface area contributed by atoms with Gasteiger partial charge in [-0.1, -0.05) is 17.7 Å². The first-order chi connectivity index (χ1) is 12.3. The van der Waals surface area contributed by atoms with E-state index in [4.69, 9.17) is 0 Å². The molecule has 0 aliphatic carbocycles. The van der Waals surface area contributed by atoms with Gasteiger partial charge >= 0.3 is 5.97 Å². The minimum absolute atomic E-state index is 0.0644. The van der Waals surface area contributed by atoms with Crippen molar-refractivity contribution in [1.29, 1.82) is 0 Å². The Bertz CT molecular complexity index is 988. The van der Waals surface area contributed by atoms with Crippen molar-refractivity contribution < 1.29 is 14.7 Å². The van der Waals surface area contributed by atoms with E-state index in [0.29, 0.717) is 28.6 Å². The molecule has 0 bridgehead atoms. The highest BCUT2D eigenvalue weighted by Crippen LogP contribution is 2.21. The zero-order valence-corrected chi connectivity index (χ0v) is 14.6. The number of aromatic nitrogens is 3. The summed E-state index contributed by atoms with van der Waals surface area (Å²) in [5.74, 6) is -0.136. The van der Waals surface area contributed by atoms with Crippen LogP contribution < -0.4 is 5.32 Å². The zero-order valence-electron chi connectivity index (χ0n) is 14.6. The molecule has 0 saturated carbocycles. The lowest BCUT2D eigenvalue weighted by Gasteiger charge is -2.12. The van der Waals surface area contributed by atoms with Crippen LogP contribution in [0.15, 0.2) is 42.5 Å². The molecule has 2 aromatic carbocycles. The molecule has 0 radical (unpaired) electrons. The molecule has 2 N–H and O–H groups in total. The van der Waals surface area contributed by atoms with E-state index >= 15 is 0 Å². The molecule has 3 aromatic rings. The van der Waals surface area contributed by atoms with Crippen LogP contribution in [0.1, 0.15) is 37.9 Å². The number of anilines is 1. The first kappa shape index (κ1) is 17.3. The van der Waals surface area contributed by atoms with E-state index in [1.54, 1.807) is 42.7 Å². The number of rotatable bonds is 4. The van der Waals surface area contributed by atoms with Gasteiger partial charge < -0.3 is 10.4 Å². The number of nitrogens with zero attached hydrogens (tertiary/aromatic N) is 3. The van der Waals surface area contributed by atoms with Crippen molar-refractivity contribution in [1.82, 2.24) is 14.8 Å². The number of aryl methyl sites for hydroxylation is 3. The second-order valence-electron chi connectivity index (χ2n) is 6.03. The fourth-order valence-electron chi connectivity index (χ4n) is 2.77. The third-order valence-electron chi connectivity index (χ3n) is 3.95. The van der Waals surface area contributed by atoms with Crippen molar-refractivity contribution >= 4 is 17.6 Å². The van der Waals surface area contributed by atoms with Gasteiger partial charge in [0, 0.05) is 11.3 Å². The third kappa shape index (κ3) is 3.46. The summed E-state index contributed by atoms with van der Waals surface area (Å²) in [5.41, 5.74) is 2.50. The van der Waals surface area contributed by atoms with E-state index in [2.05, 4.69) is 15.5 Å². The summed E-state index contributed by atoms with van der Waals surface area (Å²) in [6.45, 7) is 5.45. The highest BCUT2D eigenvalue weighted by atomic mass is 16.4. The average molecular weight is 350 g/mol. The molecule has 26 heavy (non-hydrogen) atoms. The highest BCUT2D eigenvalue weighted by molar-refractivity contribution is 6.05. The molecule has 7 nitrogen and oxygen atoms in total. The van der Waals surface area contributed by atoms with Crippen LogP contribution in [0.3, 0.4) is 0 Å². The molecule has 3 rings (SSSR count). The van der Waals surface area contributed by atoms with Crippen molar-refractivity contribution in [3.63, 3.8) is 0 Å². The number of aromatic carboxylic acids is 1. The van der Waals surface area contributed by atoms with E-state index in [-0.39, 0.29) is 11.5 Å². The third-order valence-corrected chi connectivity index (χ3v) is 3.95. The van der Waals surface area contributed by atoms with Crippen LogP contribution in [0.5, 0.6) is 0 Å². The topological polar surface area (TPSA) is 97.1 Å². The predicted octanol–water partition coefficient (Wildman–Crippen LogP) is 3.14. The van der Waals surface area contributed by atoms with Gasteiger partial charge in [0.15, 0.2) is 0 Å². The summed E-state index contributed by atoms with van der Waals surface area (Å²) in [4.78, 5) is 24.0. The molecule has 1 aromatic heterocycles. The van der Waals surface area contributed by atoms with E-state index in [1.807, 2.05) is 13.0 Å². The Labute approximate surface area is 150 Å². The Morgan fingerprint density at radius 3 is 2.27 bits per heavy atom. The fourth-order valence-corrected chi connectivity index (χ4v) is 2.77. The lowest BCUT2D eigenvalue weighted by Crippen LogP contribution is -2.13. The van der Waals surface area contributed by atoms with Gasteiger partial charge in [-0.3, -0.25) is 9.36 Å². The van der Waals surface area contributed by atoms with E-state index < -0.39 is 5.97 Å². The van der Waals surface area contributed by atoms with Gasteiger partial charge in [0.25, 0.3) is 5.91 Å². The Morgan fingerprint density at radius 2 is 1.65 bits per heavy atom. The van der Waals surface area contributed by atoms with Crippen molar-refractivity contribution in [2.24, 2.45) is 0 Å². The van der Waals surface area contributed by atoms with Crippen LogP contribution in [0.25, 0.3) is 5.69 Å². The molecule has 0 aliphatic heterocycles. The van der Waals surface area contributed by atoms with E-state index in [0.717, 1.165) is 5.56 Å². The number of carboxylic acids is 1. The van der Waals surface area contributed by atoms with E-state index in [1.165, 1.54) is 12.1 Å². The van der Waals surface area contributed by atoms with Crippen LogP contribution in [0.4, 0.5) is 5.69 Å². The van der Waals surface area contributed by atoms with E-state index in [9.17, 15) is 14.7 Å². The largest absolute Gasteiger partial charge is 0.478 e. The molecule has 0 saturated heterocycles. The zero-order chi connectivity index (χ0) is 18.8. The van der Waals surface area contributed by atoms with Gasteiger partial charge in [-0.2, -0.15) is 0 Å². The normalized spacial score (nSPS) is 10.6. The summed E-state index contributed by atoms with van der Waals surface area (Å²) >= 11 is 0. The molecule has 0 aliphatic rings. The minimum Gasteiger partial charge on any atom is -0.478 e. The summed E-state index contributed by atoms with van der Waals surface area (Å²) in [6.07, 6.45) is 0. The molecule has 7 heteroatoms. The number of hydrogen-bond acceptors (Lipinski definition) is 4. The van der Waals surface area contributed by atoms with Gasteiger partial charge in [0.1, 0.15) is 11.6 Å². The molecule has 0 unspecified atom stereocenters. The molecular weight excluding hydrogens is 332 g/mol. The summed E-state index contributed by atoms with van der Waals surface area (Å²) in [5, 5.41) is 20.2. The molecule has 132 valence electrons. The van der Waals surface area contributed by atoms with Crippen LogP contribution in [0, 0.1) is 20.8 Å². The predicted molar refractivity (Wildman–Crippen MR) is 96.9 cm³/mol. The monoisotopic (exact) mass is 350 g/mol. The molecule has 1 heterocycles. The number of carbonyl (C=O) groups is 2. The summed E-state index contributed by atoms with van der Waals surface area (Å²) in [7, 11) is 0. The Hall–Kier alpha value is -3.48. The van der Waals surface area contributed by atoms with Gasteiger partial charge in [-0.05, 0) is 51.1 Å². The number of carbonyl (C=O) groups excluding carboxylic acids is 1. The Morgan fingerprint density at radius 1 is 0.962 bits per heavy atom. The fraction of sp³-hybridized carbons (Fsp3) is 0.158. The standard InChI is InChI=1S/C19H18N4O3/c1-11-5-4-6-14(7-11)18(24)20-16-8-15(19(25)26)9-17(10-16)23-12(2)21-22-13(23)3/h4-10H,1-3H3,(H,20,24)(H,25,26). The maximum Gasteiger partial charge on any atom is 0.335 e. The maximum absolute atomic E-state index is 12.5. The van der Waals surface area contributed by atoms with Gasteiger partial charge in [-0.15, -0.1) is 10.2 Å². The minimum atomic E-state index is -1.08. The SMILES string of the molecule is Cc1cccc(C(=O)Nc2cc(C(=O)O)cc(-n3c(C)nnc3C)c2)c1. The van der Waals surface area contributed by atoms with Crippen molar-refractivity contribution in [2.45, 2.75) is 20.8 Å². The molecule has 0 spiro atoms. The van der Waals surface area contributed by atoms with Crippen LogP contribution in [-0.4, -0.2) is 31.7 Å². The lowest BCUT2D eigenvalue weighted by atomic mass is 10.1. The number of carboxylic acid groups (broad SMARTS) is 1. The average Bonchev–Trinajstić information content (AvgIpc) is 2.93. The van der Waals surface area contributed by atoms with Crippen molar-refractivity contribution in [3.05, 3.63) is 70.8 Å². The number of nitrogens with one attached hydrogen (secondary N) is 1. The quantitative estimate of drug-likeness (QED) is 0.753. The van der Waals surface area contributed by atoms with Crippen molar-refractivity contribution in [2.75, 3.05) is 5.32 Å². The van der Waals surface area contributed by atoms with Crippen LogP contribution in [-0.2, 0) is 0 Å². The maximum atomic E-state index is 12.5. The lowest BCUT2D eigenvalue weighted by molar-refractivity contribution is 0.0696. The summed E-state index contributed by atoms with van der Waals surface area (Å²) < 4.78 is 1.73. The van der Waals surface area contributed by atoms with Gasteiger partial charge in [0.2, 0.25) is 0 Å². The first-order valence-corrected chi connectivity index (χ1v) is 8.00. The number of hydrogen-bond donors (Lipinski definition) is 2. The molecular formula is C19H18N4O3. The number of benzene rings is 2. The second kappa shape index (κ2) is 6.79. The molecule has 0 fully saturated rings. The smallest absolute Gasteiger partial charge is 0.335 e. The van der Waals surface area contributed by atoms with Crippen LogP contribution in [0.2, 0.25) is 0 Å². The Balaban J connectivity index is 2.02. The number of amides is 1. The Kier molecular flexibility index (Phi) is 4.53. The van der Waals surface area contributed by atoms with Gasteiger partial charge in [0.05, 0.1) is 11.3 Å².